The summed E-state index contributed by atoms with van der Waals surface area (Å²) in [7, 11) is 0. The van der Waals surface area contributed by atoms with Crippen LogP contribution in [0.15, 0.2) is 54.6 Å². The number of benzene rings is 2. The predicted octanol–water partition coefficient (Wildman–Crippen LogP) is 3.92. The number of hydrogen-bond donors (Lipinski definition) is 2. The zero-order valence-corrected chi connectivity index (χ0v) is 21.8. The van der Waals surface area contributed by atoms with Gasteiger partial charge in [0.2, 0.25) is 5.78 Å². The number of aromatic nitrogens is 1. The number of rotatable bonds is 11. The molecule has 11 heteroatoms. The van der Waals surface area contributed by atoms with Gasteiger partial charge in [0, 0.05) is 19.6 Å². The lowest BCUT2D eigenvalue weighted by molar-refractivity contribution is -0.136. The number of Topliss-reactive ketones (excluding diaryl/α,β-unsaturated/α-hetero) is 1. The van der Waals surface area contributed by atoms with E-state index in [1.165, 1.54) is 15.8 Å². The van der Waals surface area contributed by atoms with E-state index < -0.39 is 18.2 Å². The molecule has 0 aliphatic carbocycles. The fraction of sp³-hybridized carbons (Fsp3) is 0.385. The number of fused-ring (bicyclic) bond motifs is 1. The smallest absolute Gasteiger partial charge is 0.407 e. The number of amides is 2. The fourth-order valence-electron chi connectivity index (χ4n) is 3.87. The highest BCUT2D eigenvalue weighted by Crippen LogP contribution is 2.23. The maximum atomic E-state index is 13.4. The van der Waals surface area contributed by atoms with Gasteiger partial charge < -0.3 is 20.1 Å². The summed E-state index contributed by atoms with van der Waals surface area (Å²) in [6, 6.07) is 16.2. The molecule has 0 bridgehead atoms. The van der Waals surface area contributed by atoms with Crippen molar-refractivity contribution in [2.24, 2.45) is 0 Å². The van der Waals surface area contributed by atoms with Crippen molar-refractivity contribution in [3.8, 4) is 0 Å². The maximum absolute atomic E-state index is 13.4. The Bertz CT molecular complexity index is 1170. The van der Waals surface area contributed by atoms with Crippen LogP contribution < -0.4 is 10.6 Å². The lowest BCUT2D eigenvalue weighted by Gasteiger charge is -2.28. The Morgan fingerprint density at radius 1 is 1.14 bits per heavy atom. The highest BCUT2D eigenvalue weighted by Gasteiger charge is 2.31. The number of unbranched alkanes of at least 4 members (excludes halogenated alkanes) is 1. The van der Waals surface area contributed by atoms with Gasteiger partial charge in [-0.25, -0.2) is 14.2 Å². The first-order valence-corrected chi connectivity index (χ1v) is 13.3. The van der Waals surface area contributed by atoms with Crippen molar-refractivity contribution in [3.63, 3.8) is 0 Å². The van der Waals surface area contributed by atoms with Gasteiger partial charge in [-0.05, 0) is 48.7 Å². The Hall–Kier alpha value is -3.05. The van der Waals surface area contributed by atoms with Crippen LogP contribution in [0.3, 0.4) is 0 Å². The van der Waals surface area contributed by atoms with E-state index in [9.17, 15) is 14.4 Å². The number of alkyl carbamates (subject to hydrolysis) is 1. The SMILES string of the molecule is O=C(NCCCC[C@H](NC(=O)C1CN(Cl)CCO1)C(=O)c1nc2ccccc2s1)OCc1ccccc1. The summed E-state index contributed by atoms with van der Waals surface area (Å²) >= 11 is 7.35. The summed E-state index contributed by atoms with van der Waals surface area (Å²) in [4.78, 5) is 42.6. The molecule has 196 valence electrons. The second-order valence-electron chi connectivity index (χ2n) is 8.62. The molecule has 1 fully saturated rings. The molecule has 0 saturated carbocycles. The molecule has 1 aliphatic heterocycles. The lowest BCUT2D eigenvalue weighted by Crippen LogP contribution is -2.51. The van der Waals surface area contributed by atoms with Crippen molar-refractivity contribution < 1.29 is 23.9 Å². The summed E-state index contributed by atoms with van der Waals surface area (Å²) in [6.45, 7) is 1.69. The first kappa shape index (κ1) is 27.0. The summed E-state index contributed by atoms with van der Waals surface area (Å²) in [5.41, 5.74) is 1.65. The van der Waals surface area contributed by atoms with Crippen molar-refractivity contribution in [1.29, 1.82) is 0 Å². The average molecular weight is 545 g/mol. The lowest BCUT2D eigenvalue weighted by atomic mass is 10.0. The molecule has 1 saturated heterocycles. The largest absolute Gasteiger partial charge is 0.445 e. The molecule has 1 unspecified atom stereocenters. The zero-order valence-electron chi connectivity index (χ0n) is 20.2. The molecule has 0 spiro atoms. The van der Waals surface area contributed by atoms with Crippen LogP contribution in [0.1, 0.15) is 34.6 Å². The van der Waals surface area contributed by atoms with E-state index in [2.05, 4.69) is 15.6 Å². The second-order valence-corrected chi connectivity index (χ2v) is 10.1. The summed E-state index contributed by atoms with van der Waals surface area (Å²) in [6.07, 6.45) is 0.332. The molecule has 4 rings (SSSR count). The number of ether oxygens (including phenoxy) is 2. The molecule has 3 aromatic rings. The Labute approximate surface area is 224 Å². The molecular weight excluding hydrogens is 516 g/mol. The van der Waals surface area contributed by atoms with Crippen molar-refractivity contribution in [3.05, 3.63) is 65.2 Å². The standard InChI is InChI=1S/C26H29ClN4O5S/c27-31-14-15-35-21(16-31)24(33)29-20(23(32)25-30-19-10-4-5-12-22(19)37-25)11-6-7-13-28-26(34)36-17-18-8-2-1-3-9-18/h1-5,8-10,12,20-21H,6-7,11,13-17H2,(H,28,34)(H,29,33)/t20-,21?/m0/s1. The molecule has 2 N–H and O–H groups in total. The Balaban J connectivity index is 1.30. The van der Waals surface area contributed by atoms with Gasteiger partial charge in [-0.2, -0.15) is 0 Å². The van der Waals surface area contributed by atoms with Crippen molar-refractivity contribution in [1.82, 2.24) is 20.0 Å². The first-order valence-electron chi connectivity index (χ1n) is 12.2. The van der Waals surface area contributed by atoms with Crippen LogP contribution in [0, 0.1) is 0 Å². The monoisotopic (exact) mass is 544 g/mol. The number of nitrogens with one attached hydrogen (secondary N) is 2. The van der Waals surface area contributed by atoms with Gasteiger partial charge in [0.25, 0.3) is 5.91 Å². The maximum Gasteiger partial charge on any atom is 0.407 e. The molecule has 2 aromatic carbocycles. The van der Waals surface area contributed by atoms with Crippen molar-refractivity contribution in [2.45, 2.75) is 38.0 Å². The van der Waals surface area contributed by atoms with Gasteiger partial charge in [0.15, 0.2) is 5.01 Å². The quantitative estimate of drug-likeness (QED) is 0.214. The highest BCUT2D eigenvalue weighted by atomic mass is 35.5. The number of thiazole rings is 1. The van der Waals surface area contributed by atoms with Crippen molar-refractivity contribution >= 4 is 51.1 Å². The third-order valence-electron chi connectivity index (χ3n) is 5.85. The van der Waals surface area contributed by atoms with Crippen molar-refractivity contribution in [2.75, 3.05) is 26.2 Å². The first-order chi connectivity index (χ1) is 18.0. The summed E-state index contributed by atoms with van der Waals surface area (Å²) in [5.74, 6) is -0.629. The number of morpholine rings is 1. The molecule has 1 aromatic heterocycles. The van der Waals surface area contributed by atoms with E-state index in [0.29, 0.717) is 44.0 Å². The Morgan fingerprint density at radius 2 is 1.92 bits per heavy atom. The molecular formula is C26H29ClN4O5S. The third kappa shape index (κ3) is 7.96. The minimum atomic E-state index is -0.771. The number of ketones is 1. The fourth-order valence-corrected chi connectivity index (χ4v) is 5.03. The van der Waals surface area contributed by atoms with E-state index in [4.69, 9.17) is 21.3 Å². The highest BCUT2D eigenvalue weighted by molar-refractivity contribution is 7.20. The van der Waals surface area contributed by atoms with Crippen LogP contribution in [-0.4, -0.2) is 65.6 Å². The van der Waals surface area contributed by atoms with E-state index in [0.717, 1.165) is 15.8 Å². The van der Waals surface area contributed by atoms with Crippen LogP contribution in [0.4, 0.5) is 4.79 Å². The molecule has 1 aliphatic rings. The molecule has 2 heterocycles. The predicted molar refractivity (Wildman–Crippen MR) is 142 cm³/mol. The molecule has 2 atom stereocenters. The average Bonchev–Trinajstić information content (AvgIpc) is 3.35. The Kier molecular flexibility index (Phi) is 9.84. The Morgan fingerprint density at radius 3 is 2.70 bits per heavy atom. The van der Waals surface area contributed by atoms with E-state index >= 15 is 0 Å². The van der Waals surface area contributed by atoms with Gasteiger partial charge in [-0.1, -0.05) is 42.5 Å². The molecule has 9 nitrogen and oxygen atoms in total. The second kappa shape index (κ2) is 13.5. The van der Waals surface area contributed by atoms with Gasteiger partial charge >= 0.3 is 6.09 Å². The number of carbonyl (C=O) groups is 3. The van der Waals surface area contributed by atoms with Crippen LogP contribution >= 0.6 is 23.1 Å². The van der Waals surface area contributed by atoms with Crippen LogP contribution in [0.5, 0.6) is 0 Å². The van der Waals surface area contributed by atoms with E-state index in [1.54, 1.807) is 0 Å². The number of nitrogens with zero attached hydrogens (tertiary/aromatic N) is 2. The minimum absolute atomic E-state index is 0.195. The van der Waals surface area contributed by atoms with Gasteiger partial charge in [-0.3, -0.25) is 9.59 Å². The van der Waals surface area contributed by atoms with E-state index in [1.807, 2.05) is 54.6 Å². The van der Waals surface area contributed by atoms with Gasteiger partial charge in [0.1, 0.15) is 12.7 Å². The van der Waals surface area contributed by atoms with E-state index in [-0.39, 0.29) is 24.8 Å². The number of halogens is 1. The molecule has 37 heavy (non-hydrogen) atoms. The molecule has 2 amide bonds. The summed E-state index contributed by atoms with van der Waals surface area (Å²) in [5, 5.41) is 5.91. The third-order valence-corrected chi connectivity index (χ3v) is 7.21. The topological polar surface area (TPSA) is 110 Å². The molecule has 0 radical (unpaired) electrons. The van der Waals surface area contributed by atoms with Gasteiger partial charge in [-0.15, -0.1) is 11.3 Å². The van der Waals surface area contributed by atoms with Gasteiger partial charge in [0.05, 0.1) is 22.9 Å². The number of hydrogen-bond acceptors (Lipinski definition) is 8. The zero-order chi connectivity index (χ0) is 26.0. The number of carbonyl (C=O) groups excluding carboxylic acids is 3. The summed E-state index contributed by atoms with van der Waals surface area (Å²) < 4.78 is 13.2. The van der Waals surface area contributed by atoms with Crippen LogP contribution in [0.25, 0.3) is 10.2 Å². The van der Waals surface area contributed by atoms with Crippen LogP contribution in [-0.2, 0) is 20.9 Å². The minimum Gasteiger partial charge on any atom is -0.445 e. The number of para-hydroxylation sites is 1. The normalized spacial score (nSPS) is 16.7. The van der Waals surface area contributed by atoms with Crippen LogP contribution in [0.2, 0.25) is 0 Å².